The number of imidazole rings is 1. The van der Waals surface area contributed by atoms with Crippen LogP contribution in [0.2, 0.25) is 0 Å². The number of aliphatic imine (C=N–C) groups is 1. The molecule has 1 aromatic heterocycles. The van der Waals surface area contributed by atoms with E-state index in [1.165, 1.54) is 11.8 Å². The highest BCUT2D eigenvalue weighted by Crippen LogP contribution is 2.00. The zero-order chi connectivity index (χ0) is 11.8. The van der Waals surface area contributed by atoms with Crippen LogP contribution in [0.4, 0.5) is 0 Å². The molecule has 5 nitrogen and oxygen atoms in total. The average Bonchev–Trinajstić information content (AvgIpc) is 2.69. The molecule has 0 saturated carbocycles. The lowest BCUT2D eigenvalue weighted by Crippen LogP contribution is -2.13. The summed E-state index contributed by atoms with van der Waals surface area (Å²) in [4.78, 5) is 11.6. The van der Waals surface area contributed by atoms with Crippen LogP contribution in [0.5, 0.6) is 0 Å². The lowest BCUT2D eigenvalue weighted by molar-refractivity contribution is 0.792. The summed E-state index contributed by atoms with van der Waals surface area (Å²) in [7, 11) is 0. The topological polar surface area (TPSA) is 76.9 Å². The molecule has 0 saturated heterocycles. The second-order valence-electron chi connectivity index (χ2n) is 3.24. The number of amidine groups is 1. The van der Waals surface area contributed by atoms with Crippen molar-refractivity contribution < 1.29 is 0 Å². The number of rotatable bonds is 4. The molecule has 86 valence electrons. The van der Waals surface area contributed by atoms with E-state index in [0.29, 0.717) is 11.7 Å². The monoisotopic (exact) mass is 237 g/mol. The number of hydrogen-bond donors (Lipinski definition) is 2. The van der Waals surface area contributed by atoms with Gasteiger partial charge >= 0.3 is 0 Å². The van der Waals surface area contributed by atoms with Crippen LogP contribution in [0.3, 0.4) is 0 Å². The fourth-order valence-corrected chi connectivity index (χ4v) is 1.59. The van der Waals surface area contributed by atoms with Crippen molar-refractivity contribution in [2.24, 2.45) is 4.99 Å². The van der Waals surface area contributed by atoms with Crippen molar-refractivity contribution in [1.29, 1.82) is 5.26 Å². The minimum Gasteiger partial charge on any atom is -0.346 e. The van der Waals surface area contributed by atoms with Crippen LogP contribution in [0.1, 0.15) is 17.9 Å². The van der Waals surface area contributed by atoms with Gasteiger partial charge in [-0.3, -0.25) is 10.3 Å². The molecule has 0 aliphatic heterocycles. The highest BCUT2D eigenvalue weighted by atomic mass is 32.2. The molecule has 0 aliphatic carbocycles. The van der Waals surface area contributed by atoms with Gasteiger partial charge in [0.25, 0.3) is 0 Å². The van der Waals surface area contributed by atoms with Crippen molar-refractivity contribution in [3.8, 4) is 6.19 Å². The van der Waals surface area contributed by atoms with E-state index in [1.54, 1.807) is 0 Å². The predicted molar refractivity (Wildman–Crippen MR) is 66.2 cm³/mol. The molecular weight excluding hydrogens is 222 g/mol. The van der Waals surface area contributed by atoms with Crippen molar-refractivity contribution in [3.05, 3.63) is 17.7 Å². The molecule has 6 heteroatoms. The summed E-state index contributed by atoms with van der Waals surface area (Å²) in [5.74, 6) is 0.992. The van der Waals surface area contributed by atoms with Gasteiger partial charge in [0.2, 0.25) is 0 Å². The molecule has 1 aromatic rings. The Morgan fingerprint density at radius 3 is 3.12 bits per heavy atom. The predicted octanol–water partition coefficient (Wildman–Crippen LogP) is 1.44. The van der Waals surface area contributed by atoms with E-state index in [1.807, 2.05) is 25.6 Å². The number of nitrogens with zero attached hydrogens (tertiary/aromatic N) is 3. The van der Waals surface area contributed by atoms with Gasteiger partial charge in [-0.25, -0.2) is 4.98 Å². The van der Waals surface area contributed by atoms with Crippen molar-refractivity contribution in [3.63, 3.8) is 0 Å². The molecule has 0 unspecified atom stereocenters. The molecule has 16 heavy (non-hydrogen) atoms. The number of nitrogens with one attached hydrogen (secondary N) is 2. The number of H-pyrrole nitrogens is 1. The SMILES string of the molecule is CSC(=NCCCc1ncc(C)[nH]1)NC#N. The van der Waals surface area contributed by atoms with E-state index < -0.39 is 0 Å². The third-order valence-corrected chi connectivity index (χ3v) is 2.56. The zero-order valence-corrected chi connectivity index (χ0v) is 10.3. The van der Waals surface area contributed by atoms with Crippen molar-refractivity contribution in [1.82, 2.24) is 15.3 Å². The fourth-order valence-electron chi connectivity index (χ4n) is 1.22. The Balaban J connectivity index is 2.28. The maximum absolute atomic E-state index is 8.43. The average molecular weight is 237 g/mol. The van der Waals surface area contributed by atoms with E-state index in [4.69, 9.17) is 5.26 Å². The number of aryl methyl sites for hydroxylation is 2. The highest BCUT2D eigenvalue weighted by molar-refractivity contribution is 8.13. The quantitative estimate of drug-likeness (QED) is 0.273. The van der Waals surface area contributed by atoms with Crippen LogP contribution >= 0.6 is 11.8 Å². The van der Waals surface area contributed by atoms with Crippen LogP contribution in [-0.4, -0.2) is 27.9 Å². The van der Waals surface area contributed by atoms with Crippen LogP contribution < -0.4 is 5.32 Å². The maximum atomic E-state index is 8.43. The standard InChI is InChI=1S/C10H15N5S/c1-8-6-13-9(15-8)4-3-5-12-10(16-2)14-7-11/h6H,3-5H2,1-2H3,(H,12,14)(H,13,15). The third kappa shape index (κ3) is 4.36. The first-order valence-electron chi connectivity index (χ1n) is 5.00. The minimum absolute atomic E-state index is 0.665. The molecule has 0 fully saturated rings. The van der Waals surface area contributed by atoms with Crippen molar-refractivity contribution in [2.75, 3.05) is 12.8 Å². The molecule has 0 aromatic carbocycles. The molecule has 0 radical (unpaired) electrons. The molecule has 0 aliphatic rings. The maximum Gasteiger partial charge on any atom is 0.183 e. The van der Waals surface area contributed by atoms with Crippen LogP contribution in [0.15, 0.2) is 11.2 Å². The molecule has 0 atom stereocenters. The second kappa shape index (κ2) is 6.90. The van der Waals surface area contributed by atoms with E-state index >= 15 is 0 Å². The molecule has 2 N–H and O–H groups in total. The summed E-state index contributed by atoms with van der Waals surface area (Å²) in [5, 5.41) is 11.6. The van der Waals surface area contributed by atoms with Gasteiger partial charge in [0.15, 0.2) is 11.4 Å². The Kier molecular flexibility index (Phi) is 5.43. The first-order chi connectivity index (χ1) is 7.76. The summed E-state index contributed by atoms with van der Waals surface area (Å²) in [6.07, 6.45) is 7.37. The Bertz CT molecular complexity index is 390. The van der Waals surface area contributed by atoms with Crippen molar-refractivity contribution in [2.45, 2.75) is 19.8 Å². The summed E-state index contributed by atoms with van der Waals surface area (Å²) >= 11 is 1.44. The molecule has 1 heterocycles. The van der Waals surface area contributed by atoms with Gasteiger partial charge in [-0.05, 0) is 19.6 Å². The van der Waals surface area contributed by atoms with Gasteiger partial charge in [0.1, 0.15) is 5.82 Å². The Morgan fingerprint density at radius 2 is 2.56 bits per heavy atom. The summed E-state index contributed by atoms with van der Waals surface area (Å²) in [6, 6.07) is 0. The van der Waals surface area contributed by atoms with Gasteiger partial charge in [0.05, 0.1) is 0 Å². The summed E-state index contributed by atoms with van der Waals surface area (Å²) in [6.45, 7) is 2.68. The minimum atomic E-state index is 0.665. The van der Waals surface area contributed by atoms with E-state index in [0.717, 1.165) is 24.4 Å². The summed E-state index contributed by atoms with van der Waals surface area (Å²) < 4.78 is 0. The first-order valence-corrected chi connectivity index (χ1v) is 6.22. The Hall–Kier alpha value is -1.48. The van der Waals surface area contributed by atoms with E-state index in [2.05, 4.69) is 20.3 Å². The van der Waals surface area contributed by atoms with E-state index in [9.17, 15) is 0 Å². The highest BCUT2D eigenvalue weighted by Gasteiger charge is 1.97. The number of nitriles is 1. The second-order valence-corrected chi connectivity index (χ2v) is 4.04. The Labute approximate surface area is 99.4 Å². The lowest BCUT2D eigenvalue weighted by Gasteiger charge is -1.99. The lowest BCUT2D eigenvalue weighted by atomic mass is 10.3. The summed E-state index contributed by atoms with van der Waals surface area (Å²) in [5.41, 5.74) is 1.08. The van der Waals surface area contributed by atoms with Gasteiger partial charge in [-0.2, -0.15) is 5.26 Å². The molecule has 0 amide bonds. The molecule has 0 spiro atoms. The smallest absolute Gasteiger partial charge is 0.183 e. The number of thioether (sulfide) groups is 1. The number of hydrogen-bond acceptors (Lipinski definition) is 4. The molecule has 0 bridgehead atoms. The van der Waals surface area contributed by atoms with Gasteiger partial charge in [0, 0.05) is 24.9 Å². The molecule has 1 rings (SSSR count). The first kappa shape index (κ1) is 12.6. The largest absolute Gasteiger partial charge is 0.346 e. The Morgan fingerprint density at radius 1 is 1.75 bits per heavy atom. The van der Waals surface area contributed by atoms with Crippen molar-refractivity contribution >= 4 is 16.9 Å². The van der Waals surface area contributed by atoms with Crippen LogP contribution in [0, 0.1) is 18.4 Å². The number of aromatic amines is 1. The fraction of sp³-hybridized carbons (Fsp3) is 0.500. The van der Waals surface area contributed by atoms with Gasteiger partial charge < -0.3 is 4.98 Å². The van der Waals surface area contributed by atoms with Gasteiger partial charge in [-0.15, -0.1) is 0 Å². The van der Waals surface area contributed by atoms with Crippen LogP contribution in [-0.2, 0) is 6.42 Å². The van der Waals surface area contributed by atoms with Gasteiger partial charge in [-0.1, -0.05) is 11.8 Å². The zero-order valence-electron chi connectivity index (χ0n) is 9.45. The molecular formula is C10H15N5S. The van der Waals surface area contributed by atoms with Crippen LogP contribution in [0.25, 0.3) is 0 Å². The third-order valence-electron chi connectivity index (χ3n) is 1.94. The van der Waals surface area contributed by atoms with E-state index in [-0.39, 0.29) is 0 Å². The normalized spacial score (nSPS) is 11.2. The number of aromatic nitrogens is 2.